The number of carbonyl (C=O) groups is 2. The maximum absolute atomic E-state index is 13.9. The number of hydrogen-bond donors (Lipinski definition) is 0. The van der Waals surface area contributed by atoms with E-state index in [1.54, 1.807) is 16.8 Å². The normalized spacial score (nSPS) is 20.8. The number of carbonyl (C=O) groups excluding carboxylic acids is 2. The molecule has 2 aromatic carbocycles. The summed E-state index contributed by atoms with van der Waals surface area (Å²) in [5.41, 5.74) is 3.60. The van der Waals surface area contributed by atoms with Gasteiger partial charge in [0.05, 0.1) is 17.3 Å². The first-order valence-electron chi connectivity index (χ1n) is 13.1. The van der Waals surface area contributed by atoms with Gasteiger partial charge in [0.2, 0.25) is 0 Å². The number of Topliss-reactive ketones (excluding diaryl/α,β-unsaturated/α-hetero) is 2. The van der Waals surface area contributed by atoms with Crippen LogP contribution in [0.25, 0.3) is 16.9 Å². The van der Waals surface area contributed by atoms with Crippen molar-refractivity contribution in [3.05, 3.63) is 94.8 Å². The second-order valence-electron chi connectivity index (χ2n) is 12.3. The lowest BCUT2D eigenvalue weighted by Crippen LogP contribution is -2.37. The summed E-state index contributed by atoms with van der Waals surface area (Å²) in [4.78, 5) is 27.5. The first-order valence-corrected chi connectivity index (χ1v) is 13.1. The maximum atomic E-state index is 13.9. The molecule has 0 N–H and O–H groups in total. The molecule has 194 valence electrons. The molecule has 0 amide bonds. The number of nitrogens with zero attached hydrogens (tertiary/aromatic N) is 2. The summed E-state index contributed by atoms with van der Waals surface area (Å²) >= 11 is 0. The van der Waals surface area contributed by atoms with Gasteiger partial charge in [-0.1, -0.05) is 45.9 Å². The zero-order valence-corrected chi connectivity index (χ0v) is 22.2. The van der Waals surface area contributed by atoms with Crippen molar-refractivity contribution in [3.63, 3.8) is 0 Å². The summed E-state index contributed by atoms with van der Waals surface area (Å²) in [6.07, 6.45) is 3.92. The lowest BCUT2D eigenvalue weighted by atomic mass is 9.65. The zero-order chi connectivity index (χ0) is 26.8. The van der Waals surface area contributed by atoms with E-state index in [0.29, 0.717) is 54.0 Å². The quantitative estimate of drug-likeness (QED) is 0.378. The number of halogens is 1. The smallest absolute Gasteiger partial charge is 0.163 e. The predicted molar refractivity (Wildman–Crippen MR) is 143 cm³/mol. The van der Waals surface area contributed by atoms with Crippen molar-refractivity contribution in [3.8, 4) is 16.9 Å². The van der Waals surface area contributed by atoms with Crippen molar-refractivity contribution < 1.29 is 18.7 Å². The molecule has 5 nitrogen and oxygen atoms in total. The minimum absolute atomic E-state index is 0.00273. The molecule has 0 radical (unpaired) electrons. The maximum Gasteiger partial charge on any atom is 0.163 e. The fourth-order valence-corrected chi connectivity index (χ4v) is 6.13. The van der Waals surface area contributed by atoms with E-state index in [-0.39, 0.29) is 28.2 Å². The van der Waals surface area contributed by atoms with Crippen LogP contribution < -0.4 is 0 Å². The van der Waals surface area contributed by atoms with E-state index >= 15 is 0 Å². The molecule has 3 aromatic rings. The van der Waals surface area contributed by atoms with Crippen LogP contribution in [0.3, 0.4) is 0 Å². The molecule has 6 rings (SSSR count). The van der Waals surface area contributed by atoms with E-state index in [0.717, 1.165) is 16.8 Å². The van der Waals surface area contributed by atoms with Crippen molar-refractivity contribution in [2.45, 2.75) is 59.3 Å². The van der Waals surface area contributed by atoms with E-state index in [9.17, 15) is 14.0 Å². The van der Waals surface area contributed by atoms with Gasteiger partial charge in [-0.3, -0.25) is 9.59 Å². The summed E-state index contributed by atoms with van der Waals surface area (Å²) in [6.45, 7) is 8.29. The fraction of sp³-hybridized carbons (Fsp3) is 0.344. The highest BCUT2D eigenvalue weighted by atomic mass is 19.1. The third-order valence-corrected chi connectivity index (χ3v) is 7.77. The van der Waals surface area contributed by atoms with E-state index in [2.05, 4.69) is 27.7 Å². The Morgan fingerprint density at radius 2 is 1.37 bits per heavy atom. The number of ether oxygens (including phenoxy) is 1. The van der Waals surface area contributed by atoms with Crippen LogP contribution in [0.15, 0.2) is 83.5 Å². The first kappa shape index (κ1) is 24.5. The van der Waals surface area contributed by atoms with Gasteiger partial charge in [0.15, 0.2) is 11.6 Å². The van der Waals surface area contributed by atoms with Gasteiger partial charge in [0.25, 0.3) is 0 Å². The molecular formula is C32H31FN2O3. The summed E-state index contributed by atoms with van der Waals surface area (Å²) in [5, 5.41) is 4.92. The van der Waals surface area contributed by atoms with Crippen LogP contribution in [0.1, 0.15) is 64.9 Å². The highest BCUT2D eigenvalue weighted by Crippen LogP contribution is 2.54. The van der Waals surface area contributed by atoms with Crippen molar-refractivity contribution in [1.29, 1.82) is 0 Å². The zero-order valence-electron chi connectivity index (χ0n) is 22.2. The van der Waals surface area contributed by atoms with Gasteiger partial charge in [-0.05, 0) is 47.2 Å². The Balaban J connectivity index is 1.62. The predicted octanol–water partition coefficient (Wildman–Crippen LogP) is 7.08. The van der Waals surface area contributed by atoms with Crippen LogP contribution in [-0.4, -0.2) is 21.3 Å². The largest absolute Gasteiger partial charge is 0.465 e. The SMILES string of the molecule is CC1(C)CC(=O)C2=C(C1)OC1=C(C(=O)CC(C)(C)C1)C2c1cn(-c2ccccc2)nc1-c1ccc(F)cc1. The minimum Gasteiger partial charge on any atom is -0.465 e. The van der Waals surface area contributed by atoms with Crippen molar-refractivity contribution in [1.82, 2.24) is 9.78 Å². The number of allylic oxidation sites excluding steroid dienone is 4. The van der Waals surface area contributed by atoms with E-state index < -0.39 is 5.92 Å². The average molecular weight is 511 g/mol. The van der Waals surface area contributed by atoms with Crippen molar-refractivity contribution in [2.75, 3.05) is 0 Å². The van der Waals surface area contributed by atoms with Crippen LogP contribution in [0.4, 0.5) is 4.39 Å². The molecule has 6 heteroatoms. The molecule has 0 spiro atoms. The summed E-state index contributed by atoms with van der Waals surface area (Å²) in [6, 6.07) is 15.9. The topological polar surface area (TPSA) is 61.2 Å². The third kappa shape index (κ3) is 4.22. The minimum atomic E-state index is -0.585. The Hall–Kier alpha value is -3.80. The summed E-state index contributed by atoms with van der Waals surface area (Å²) < 4.78 is 22.1. The second kappa shape index (κ2) is 8.62. The van der Waals surface area contributed by atoms with Gasteiger partial charge in [-0.25, -0.2) is 9.07 Å². The molecule has 0 unspecified atom stereocenters. The third-order valence-electron chi connectivity index (χ3n) is 7.77. The van der Waals surface area contributed by atoms with E-state index in [1.807, 2.05) is 36.5 Å². The van der Waals surface area contributed by atoms with E-state index in [1.165, 1.54) is 12.1 Å². The monoisotopic (exact) mass is 510 g/mol. The molecule has 0 fully saturated rings. The molecule has 0 atom stereocenters. The van der Waals surface area contributed by atoms with Gasteiger partial charge in [-0.2, -0.15) is 5.10 Å². The average Bonchev–Trinajstić information content (AvgIpc) is 3.27. The lowest BCUT2D eigenvalue weighted by Gasteiger charge is -2.42. The Kier molecular flexibility index (Phi) is 5.56. The van der Waals surface area contributed by atoms with Gasteiger partial charge >= 0.3 is 0 Å². The molecule has 0 saturated carbocycles. The molecule has 1 aromatic heterocycles. The van der Waals surface area contributed by atoms with E-state index in [4.69, 9.17) is 9.84 Å². The lowest BCUT2D eigenvalue weighted by molar-refractivity contribution is -0.120. The Morgan fingerprint density at radius 3 is 1.92 bits per heavy atom. The molecule has 0 bridgehead atoms. The number of aromatic nitrogens is 2. The van der Waals surface area contributed by atoms with Crippen LogP contribution in [0.5, 0.6) is 0 Å². The Morgan fingerprint density at radius 1 is 0.816 bits per heavy atom. The summed E-state index contributed by atoms with van der Waals surface area (Å²) in [7, 11) is 0. The first-order chi connectivity index (χ1) is 18.0. The van der Waals surface area contributed by atoms with Crippen LogP contribution in [0, 0.1) is 16.6 Å². The summed E-state index contributed by atoms with van der Waals surface area (Å²) in [5.74, 6) is 0.411. The molecule has 3 aliphatic rings. The van der Waals surface area contributed by atoms with Gasteiger partial charge < -0.3 is 4.74 Å². The van der Waals surface area contributed by atoms with Crippen molar-refractivity contribution in [2.24, 2.45) is 10.8 Å². The number of hydrogen-bond acceptors (Lipinski definition) is 4. The number of rotatable bonds is 3. The molecule has 1 aliphatic heterocycles. The second-order valence-corrected chi connectivity index (χ2v) is 12.3. The van der Waals surface area contributed by atoms with Gasteiger partial charge in [-0.15, -0.1) is 0 Å². The standard InChI is InChI=1S/C32H31FN2O3/c1-31(2)14-23(36)28-25(16-31)38-26-17-32(3,4)15-24(37)29(26)27(28)22-18-35(21-8-6-5-7-9-21)34-30(22)19-10-12-20(33)13-11-19/h5-13,18,27H,14-17H2,1-4H3. The number of ketones is 2. The molecule has 2 aliphatic carbocycles. The van der Waals surface area contributed by atoms with Crippen LogP contribution in [-0.2, 0) is 14.3 Å². The highest BCUT2D eigenvalue weighted by Gasteiger charge is 2.48. The van der Waals surface area contributed by atoms with Crippen LogP contribution >= 0.6 is 0 Å². The highest BCUT2D eigenvalue weighted by molar-refractivity contribution is 6.06. The molecular weight excluding hydrogens is 479 g/mol. The molecule has 38 heavy (non-hydrogen) atoms. The Bertz CT molecular complexity index is 1470. The number of para-hydroxylation sites is 1. The Labute approximate surface area is 222 Å². The van der Waals surface area contributed by atoms with Gasteiger partial charge in [0, 0.05) is 54.2 Å². The number of benzene rings is 2. The molecule has 0 saturated heterocycles. The fourth-order valence-electron chi connectivity index (χ4n) is 6.13. The van der Waals surface area contributed by atoms with Crippen molar-refractivity contribution >= 4 is 11.6 Å². The van der Waals surface area contributed by atoms with Crippen LogP contribution in [0.2, 0.25) is 0 Å². The molecule has 2 heterocycles. The van der Waals surface area contributed by atoms with Gasteiger partial charge in [0.1, 0.15) is 17.3 Å².